The Morgan fingerprint density at radius 2 is 0.980 bits per heavy atom. The number of furan rings is 1. The van der Waals surface area contributed by atoms with E-state index in [1.807, 2.05) is 97.1 Å². The van der Waals surface area contributed by atoms with Crippen LogP contribution < -0.4 is 0 Å². The van der Waals surface area contributed by atoms with E-state index in [4.69, 9.17) is 16.8 Å². The second-order valence-electron chi connectivity index (χ2n) is 11.8. The van der Waals surface area contributed by atoms with Crippen LogP contribution in [0.1, 0.15) is 17.8 Å². The highest BCUT2D eigenvalue weighted by atomic mass is 16.3. The van der Waals surface area contributed by atoms with Gasteiger partial charge in [0.1, 0.15) is 11.3 Å². The highest BCUT2D eigenvalue weighted by molar-refractivity contribution is 6.25. The average molecular weight is 636 g/mol. The van der Waals surface area contributed by atoms with Crippen LogP contribution in [0, 0.1) is 0 Å². The number of hydrogen-bond acceptors (Lipinski definition) is 1. The van der Waals surface area contributed by atoms with Crippen LogP contribution >= 0.6 is 0 Å². The topological polar surface area (TPSA) is 13.1 Å². The average Bonchev–Trinajstić information content (AvgIpc) is 3.69. The molecular formula is C48H30O. The Morgan fingerprint density at radius 3 is 1.73 bits per heavy atom. The van der Waals surface area contributed by atoms with Crippen LogP contribution in [0.4, 0.5) is 0 Å². The van der Waals surface area contributed by atoms with Gasteiger partial charge in [-0.15, -0.1) is 0 Å². The van der Waals surface area contributed by atoms with E-state index in [1.54, 1.807) is 6.07 Å². The maximum absolute atomic E-state index is 9.58. The maximum atomic E-state index is 9.58. The monoisotopic (exact) mass is 635 g/mol. The molecule has 0 saturated heterocycles. The van der Waals surface area contributed by atoms with Gasteiger partial charge in [-0.25, -0.2) is 0 Å². The van der Waals surface area contributed by atoms with Crippen molar-refractivity contribution in [2.45, 2.75) is 0 Å². The van der Waals surface area contributed by atoms with Gasteiger partial charge in [-0.1, -0.05) is 176 Å². The van der Waals surface area contributed by atoms with Gasteiger partial charge in [0.05, 0.1) is 17.8 Å². The number of para-hydroxylation sites is 1. The zero-order chi connectivity index (χ0) is 43.6. The van der Waals surface area contributed by atoms with Crippen molar-refractivity contribution in [1.82, 2.24) is 0 Å². The van der Waals surface area contributed by atoms with E-state index >= 15 is 0 Å². The number of benzene rings is 9. The van der Waals surface area contributed by atoms with Crippen molar-refractivity contribution in [3.63, 3.8) is 0 Å². The molecule has 49 heavy (non-hydrogen) atoms. The SMILES string of the molecule is [2H]c1c([2H])c([2H])c(-c2c3c([2H])c([2H])c([2H])c([2H])c3c(-c3c(-c4ccc5c(ccc6ccccc65)c4)oc4c(-c5ccccc5)cccc34)c3c([2H])c([2H])c([2H])c([2H])c23)c([2H])c1[2H]. The first-order valence-corrected chi connectivity index (χ1v) is 15.8. The summed E-state index contributed by atoms with van der Waals surface area (Å²) in [5.74, 6) is 0.247. The number of hydrogen-bond donors (Lipinski definition) is 0. The minimum atomic E-state index is -0.728. The van der Waals surface area contributed by atoms with Gasteiger partial charge in [0, 0.05) is 27.6 Å². The summed E-state index contributed by atoms with van der Waals surface area (Å²) in [6, 6.07) is 24.1. The van der Waals surface area contributed by atoms with Gasteiger partial charge in [-0.2, -0.15) is 0 Å². The van der Waals surface area contributed by atoms with Gasteiger partial charge in [-0.05, 0) is 65.8 Å². The maximum Gasteiger partial charge on any atom is 0.143 e. The van der Waals surface area contributed by atoms with Crippen molar-refractivity contribution in [1.29, 1.82) is 0 Å². The fourth-order valence-electron chi connectivity index (χ4n) is 7.07. The highest BCUT2D eigenvalue weighted by Gasteiger charge is 2.25. The molecule has 0 amide bonds. The Bertz CT molecular complexity index is 3510. The first-order chi connectivity index (χ1) is 29.7. The molecule has 0 spiro atoms. The van der Waals surface area contributed by atoms with Crippen molar-refractivity contribution >= 4 is 54.1 Å². The third kappa shape index (κ3) is 4.33. The Labute approximate surface area is 302 Å². The lowest BCUT2D eigenvalue weighted by molar-refractivity contribution is 0.633. The van der Waals surface area contributed by atoms with E-state index in [2.05, 4.69) is 0 Å². The van der Waals surface area contributed by atoms with Crippen LogP contribution in [0.25, 0.3) is 98.8 Å². The van der Waals surface area contributed by atoms with Gasteiger partial charge in [0.2, 0.25) is 0 Å². The summed E-state index contributed by atoms with van der Waals surface area (Å²) in [7, 11) is 0. The fraction of sp³-hybridized carbons (Fsp3) is 0. The third-order valence-corrected chi connectivity index (χ3v) is 9.18. The van der Waals surface area contributed by atoms with Crippen LogP contribution in [-0.2, 0) is 0 Å². The Kier molecular flexibility index (Phi) is 3.99. The third-order valence-electron chi connectivity index (χ3n) is 9.18. The highest BCUT2D eigenvalue weighted by Crippen LogP contribution is 2.51. The van der Waals surface area contributed by atoms with Gasteiger partial charge in [0.25, 0.3) is 0 Å². The standard InChI is InChI=1S/C48H30O/c1-3-14-31(15-4-1)38-24-13-25-43-46(47(49-48(38)43)35-28-29-37-34(30-35)27-26-32-16-7-8-19-36(32)37)45-41-22-11-9-20-39(41)44(33-17-5-2-6-18-33)40-21-10-12-23-42(40)45/h1-30H/i2D,5D,6D,9D,10D,11D,12D,17D,18D,20D,21D,22D,23D. The van der Waals surface area contributed by atoms with Gasteiger partial charge in [0.15, 0.2) is 0 Å². The molecule has 0 unspecified atom stereocenters. The Hall–Kier alpha value is -6.44. The summed E-state index contributed by atoms with van der Waals surface area (Å²) >= 11 is 0. The van der Waals surface area contributed by atoms with Crippen LogP contribution in [0.2, 0.25) is 0 Å². The molecule has 1 heterocycles. The molecule has 0 fully saturated rings. The minimum absolute atomic E-state index is 0.00249. The first kappa shape index (κ1) is 17.6. The molecule has 0 radical (unpaired) electrons. The summed E-state index contributed by atoms with van der Waals surface area (Å²) in [6.07, 6.45) is 0. The zero-order valence-corrected chi connectivity index (χ0v) is 25.7. The molecular weight excluding hydrogens is 593 g/mol. The Balaban J connectivity index is 1.49. The van der Waals surface area contributed by atoms with Crippen LogP contribution in [0.15, 0.2) is 186 Å². The molecule has 1 heteroatoms. The van der Waals surface area contributed by atoms with E-state index in [-0.39, 0.29) is 44.0 Å². The molecule has 0 aliphatic heterocycles. The van der Waals surface area contributed by atoms with E-state index in [0.29, 0.717) is 22.1 Å². The van der Waals surface area contributed by atoms with E-state index in [1.165, 1.54) is 0 Å². The molecule has 10 rings (SSSR count). The fourth-order valence-corrected chi connectivity index (χ4v) is 7.07. The summed E-state index contributed by atoms with van der Waals surface area (Å²) in [6.45, 7) is 0. The Morgan fingerprint density at radius 1 is 0.367 bits per heavy atom. The summed E-state index contributed by atoms with van der Waals surface area (Å²) in [4.78, 5) is 0. The predicted molar refractivity (Wildman–Crippen MR) is 208 cm³/mol. The van der Waals surface area contributed by atoms with Crippen molar-refractivity contribution in [2.75, 3.05) is 0 Å². The molecule has 10 aromatic rings. The van der Waals surface area contributed by atoms with Crippen molar-refractivity contribution in [2.24, 2.45) is 0 Å². The molecule has 1 aromatic heterocycles. The van der Waals surface area contributed by atoms with Gasteiger partial charge in [-0.3, -0.25) is 0 Å². The second-order valence-corrected chi connectivity index (χ2v) is 11.8. The number of fused-ring (bicyclic) bond motifs is 6. The first-order valence-electron chi connectivity index (χ1n) is 22.3. The van der Waals surface area contributed by atoms with Crippen LogP contribution in [0.5, 0.6) is 0 Å². The normalized spacial score (nSPS) is 15.4. The lowest BCUT2D eigenvalue weighted by atomic mass is 9.84. The molecule has 0 atom stereocenters. The summed E-state index contributed by atoms with van der Waals surface area (Å²) in [5.41, 5.74) is 1.93. The van der Waals surface area contributed by atoms with E-state index in [9.17, 15) is 5.48 Å². The van der Waals surface area contributed by atoms with Crippen molar-refractivity contribution in [3.05, 3.63) is 182 Å². The molecule has 0 N–H and O–H groups in total. The predicted octanol–water partition coefficient (Wildman–Crippen LogP) is 13.7. The van der Waals surface area contributed by atoms with Crippen molar-refractivity contribution in [3.8, 4) is 44.7 Å². The molecule has 228 valence electrons. The largest absolute Gasteiger partial charge is 0.455 e. The summed E-state index contributed by atoms with van der Waals surface area (Å²) < 4.78 is 124. The summed E-state index contributed by atoms with van der Waals surface area (Å²) in [5, 5.41) is 3.44. The van der Waals surface area contributed by atoms with Crippen LogP contribution in [-0.4, -0.2) is 0 Å². The molecule has 0 aliphatic carbocycles. The zero-order valence-electron chi connectivity index (χ0n) is 38.7. The smallest absolute Gasteiger partial charge is 0.143 e. The molecule has 1 nitrogen and oxygen atoms in total. The molecule has 0 bridgehead atoms. The molecule has 9 aromatic carbocycles. The van der Waals surface area contributed by atoms with E-state index < -0.39 is 84.1 Å². The second kappa shape index (κ2) is 11.1. The van der Waals surface area contributed by atoms with E-state index in [0.717, 1.165) is 27.1 Å². The lowest BCUT2D eigenvalue weighted by Crippen LogP contribution is -1.91. The van der Waals surface area contributed by atoms with Gasteiger partial charge < -0.3 is 4.42 Å². The number of rotatable bonds is 4. The minimum Gasteiger partial charge on any atom is -0.455 e. The molecule has 0 saturated carbocycles. The van der Waals surface area contributed by atoms with Crippen molar-refractivity contribution < 1.29 is 22.2 Å². The quantitative estimate of drug-likeness (QED) is 0.139. The molecule has 0 aliphatic rings. The van der Waals surface area contributed by atoms with Crippen LogP contribution in [0.3, 0.4) is 0 Å². The van der Waals surface area contributed by atoms with Gasteiger partial charge >= 0.3 is 0 Å². The lowest BCUT2D eigenvalue weighted by Gasteiger charge is -2.18.